The monoisotopic (exact) mass is 398 g/mol. The van der Waals surface area contributed by atoms with E-state index in [0.29, 0.717) is 31.5 Å². The van der Waals surface area contributed by atoms with Crippen molar-refractivity contribution in [1.29, 1.82) is 0 Å². The Kier molecular flexibility index (Phi) is 5.77. The number of aromatic nitrogens is 2. The van der Waals surface area contributed by atoms with Crippen LogP contribution in [0.25, 0.3) is 0 Å². The first-order valence-corrected chi connectivity index (χ1v) is 10.8. The lowest BCUT2D eigenvalue weighted by atomic mass is 9.51. The Morgan fingerprint density at radius 3 is 2.34 bits per heavy atom. The molecule has 5 heteroatoms. The Balaban J connectivity index is 1.42. The van der Waals surface area contributed by atoms with E-state index in [-0.39, 0.29) is 17.4 Å². The lowest BCUT2D eigenvalue weighted by Gasteiger charge is -2.53. The van der Waals surface area contributed by atoms with E-state index in [1.165, 1.54) is 49.8 Å². The second-order valence-electron chi connectivity index (χ2n) is 8.68. The van der Waals surface area contributed by atoms with Gasteiger partial charge in [-0.15, -0.1) is 0 Å². The Bertz CT molecular complexity index is 831. The summed E-state index contributed by atoms with van der Waals surface area (Å²) in [5, 5.41) is 13.9. The predicted molar refractivity (Wildman–Crippen MR) is 112 cm³/mol. The molecular weight excluding hydrogens is 367 g/mol. The van der Waals surface area contributed by atoms with Crippen LogP contribution in [-0.4, -0.2) is 28.1 Å². The highest BCUT2D eigenvalue weighted by Gasteiger charge is 2.50. The lowest BCUT2D eigenvalue weighted by molar-refractivity contribution is 0.0979. The molecule has 1 aromatic carbocycles. The summed E-state index contributed by atoms with van der Waals surface area (Å²) < 4.78 is 20.3. The minimum absolute atomic E-state index is 0.126. The van der Waals surface area contributed by atoms with Gasteiger partial charge >= 0.3 is 0 Å². The summed E-state index contributed by atoms with van der Waals surface area (Å²) in [6, 6.07) is 10.6. The number of hydrogen-bond acceptors (Lipinski definition) is 3. The molecule has 1 heterocycles. The molecule has 1 aromatic heterocycles. The zero-order valence-corrected chi connectivity index (χ0v) is 17.2. The average molecular weight is 399 g/mol. The topological polar surface area (TPSA) is 47.3 Å². The summed E-state index contributed by atoms with van der Waals surface area (Å²) >= 11 is 0. The Morgan fingerprint density at radius 2 is 1.76 bits per heavy atom. The Morgan fingerprint density at radius 1 is 1.10 bits per heavy atom. The van der Waals surface area contributed by atoms with Crippen LogP contribution in [0.1, 0.15) is 63.1 Å². The van der Waals surface area contributed by atoms with E-state index in [1.807, 2.05) is 29.9 Å². The van der Waals surface area contributed by atoms with E-state index in [1.54, 1.807) is 0 Å². The number of halogens is 1. The largest absolute Gasteiger partial charge is 0.489 e. The third kappa shape index (κ3) is 3.85. The summed E-state index contributed by atoms with van der Waals surface area (Å²) in [5.74, 6) is 0.799. The molecule has 3 fully saturated rings. The Hall–Kier alpha value is -2.14. The first kappa shape index (κ1) is 20.1. The van der Waals surface area contributed by atoms with Crippen molar-refractivity contribution >= 4 is 0 Å². The summed E-state index contributed by atoms with van der Waals surface area (Å²) in [4.78, 5) is 0. The smallest absolute Gasteiger partial charge is 0.119 e. The molecule has 0 aliphatic heterocycles. The average Bonchev–Trinajstić information content (AvgIpc) is 3.26. The third-order valence-corrected chi connectivity index (χ3v) is 7.26. The van der Waals surface area contributed by atoms with Crippen LogP contribution in [0.15, 0.2) is 48.4 Å². The highest BCUT2D eigenvalue weighted by Crippen LogP contribution is 2.58. The SMILES string of the molecule is CC/C(=C\F)COc1ccc(C23CCC(c4ccn(CCO)n4)(CC2)CC3)cc1. The molecule has 0 radical (unpaired) electrons. The molecular formula is C24H31FN2O2. The molecule has 3 saturated carbocycles. The van der Waals surface area contributed by atoms with Crippen LogP contribution in [0.2, 0.25) is 0 Å². The molecule has 0 spiro atoms. The predicted octanol–water partition coefficient (Wildman–Crippen LogP) is 5.06. The van der Waals surface area contributed by atoms with Gasteiger partial charge in [-0.3, -0.25) is 4.68 Å². The molecule has 2 bridgehead atoms. The first-order valence-electron chi connectivity index (χ1n) is 10.8. The fraction of sp³-hybridized carbons (Fsp3) is 0.542. The van der Waals surface area contributed by atoms with Crippen LogP contribution >= 0.6 is 0 Å². The molecule has 156 valence electrons. The standard InChI is InChI=1S/C24H31FN2O2/c1-2-19(17-25)18-29-21-5-3-20(4-6-21)23-8-11-24(12-9-23,13-10-23)22-7-14-27(26-22)15-16-28/h3-7,14,17,28H,2,8-13,15-16,18H2,1H3/b19-17+. The van der Waals surface area contributed by atoms with Crippen LogP contribution in [0.4, 0.5) is 4.39 Å². The van der Waals surface area contributed by atoms with Gasteiger partial charge in [-0.2, -0.15) is 5.10 Å². The van der Waals surface area contributed by atoms with Gasteiger partial charge in [0.2, 0.25) is 0 Å². The normalized spacial score (nSPS) is 26.7. The summed E-state index contributed by atoms with van der Waals surface area (Å²) in [6.07, 6.45) is 10.4. The first-order chi connectivity index (χ1) is 14.1. The summed E-state index contributed by atoms with van der Waals surface area (Å²) in [5.41, 5.74) is 3.75. The number of aliphatic hydroxyl groups excluding tert-OH is 1. The molecule has 29 heavy (non-hydrogen) atoms. The van der Waals surface area contributed by atoms with Gasteiger partial charge in [0.1, 0.15) is 12.4 Å². The van der Waals surface area contributed by atoms with Gasteiger partial charge in [-0.25, -0.2) is 4.39 Å². The number of benzene rings is 1. The highest BCUT2D eigenvalue weighted by atomic mass is 19.1. The maximum absolute atomic E-state index is 12.7. The molecule has 1 N–H and O–H groups in total. The zero-order valence-electron chi connectivity index (χ0n) is 17.2. The van der Waals surface area contributed by atoms with Gasteiger partial charge in [0.25, 0.3) is 0 Å². The van der Waals surface area contributed by atoms with Gasteiger partial charge in [-0.1, -0.05) is 19.1 Å². The maximum Gasteiger partial charge on any atom is 0.119 e. The van der Waals surface area contributed by atoms with Crippen molar-refractivity contribution in [3.8, 4) is 5.75 Å². The van der Waals surface area contributed by atoms with Crippen LogP contribution in [0.5, 0.6) is 5.75 Å². The molecule has 3 aliphatic carbocycles. The van der Waals surface area contributed by atoms with E-state index >= 15 is 0 Å². The summed E-state index contributed by atoms with van der Waals surface area (Å²) in [7, 11) is 0. The Labute approximate surface area is 172 Å². The highest BCUT2D eigenvalue weighted by molar-refractivity contribution is 5.36. The molecule has 5 rings (SSSR count). The number of fused-ring (bicyclic) bond motifs is 3. The van der Waals surface area contributed by atoms with E-state index in [2.05, 4.69) is 18.2 Å². The van der Waals surface area contributed by atoms with Gasteiger partial charge in [0.05, 0.1) is 25.2 Å². The van der Waals surface area contributed by atoms with Crippen molar-refractivity contribution in [2.24, 2.45) is 0 Å². The zero-order chi connectivity index (χ0) is 20.3. The van der Waals surface area contributed by atoms with E-state index in [0.717, 1.165) is 5.75 Å². The van der Waals surface area contributed by atoms with Gasteiger partial charge in [0.15, 0.2) is 0 Å². The van der Waals surface area contributed by atoms with Gasteiger partial charge < -0.3 is 9.84 Å². The minimum Gasteiger partial charge on any atom is -0.489 e. The molecule has 2 aromatic rings. The minimum atomic E-state index is 0.126. The number of ether oxygens (including phenoxy) is 1. The number of aliphatic hydroxyl groups is 1. The van der Waals surface area contributed by atoms with Crippen LogP contribution in [0.3, 0.4) is 0 Å². The van der Waals surface area contributed by atoms with Crippen LogP contribution in [0, 0.1) is 0 Å². The molecule has 0 amide bonds. The van der Waals surface area contributed by atoms with Gasteiger partial charge in [0, 0.05) is 11.6 Å². The molecule has 4 nitrogen and oxygen atoms in total. The summed E-state index contributed by atoms with van der Waals surface area (Å²) in [6.45, 7) is 2.93. The maximum atomic E-state index is 12.7. The van der Waals surface area contributed by atoms with Crippen molar-refractivity contribution in [2.75, 3.05) is 13.2 Å². The van der Waals surface area contributed by atoms with Crippen molar-refractivity contribution in [3.63, 3.8) is 0 Å². The van der Waals surface area contributed by atoms with Crippen molar-refractivity contribution in [2.45, 2.75) is 69.2 Å². The second kappa shape index (κ2) is 8.31. The van der Waals surface area contributed by atoms with Crippen molar-refractivity contribution in [1.82, 2.24) is 9.78 Å². The van der Waals surface area contributed by atoms with Crippen LogP contribution < -0.4 is 4.74 Å². The van der Waals surface area contributed by atoms with Crippen LogP contribution in [-0.2, 0) is 17.4 Å². The third-order valence-electron chi connectivity index (χ3n) is 7.26. The van der Waals surface area contributed by atoms with Gasteiger partial charge in [-0.05, 0) is 79.7 Å². The molecule has 0 saturated heterocycles. The fourth-order valence-corrected chi connectivity index (χ4v) is 5.17. The molecule has 0 unspecified atom stereocenters. The van der Waals surface area contributed by atoms with E-state index < -0.39 is 0 Å². The second-order valence-corrected chi connectivity index (χ2v) is 8.68. The van der Waals surface area contributed by atoms with E-state index in [4.69, 9.17) is 14.9 Å². The molecule has 0 atom stereocenters. The quantitative estimate of drug-likeness (QED) is 0.676. The number of hydrogen-bond donors (Lipinski definition) is 1. The van der Waals surface area contributed by atoms with E-state index in [9.17, 15) is 4.39 Å². The van der Waals surface area contributed by atoms with Crippen molar-refractivity contribution in [3.05, 3.63) is 59.7 Å². The number of rotatable bonds is 8. The lowest BCUT2D eigenvalue weighted by Crippen LogP contribution is -2.46. The molecule has 3 aliphatic rings. The number of nitrogens with zero attached hydrogens (tertiary/aromatic N) is 2. The van der Waals surface area contributed by atoms with Crippen molar-refractivity contribution < 1.29 is 14.2 Å². The fourth-order valence-electron chi connectivity index (χ4n) is 5.17.